The van der Waals surface area contributed by atoms with Crippen molar-refractivity contribution < 1.29 is 14.8 Å². The van der Waals surface area contributed by atoms with E-state index in [0.29, 0.717) is 11.3 Å². The second-order valence-electron chi connectivity index (χ2n) is 4.14. The summed E-state index contributed by atoms with van der Waals surface area (Å²) in [5.41, 5.74) is 1.03. The van der Waals surface area contributed by atoms with Crippen molar-refractivity contribution >= 4 is 23.2 Å². The fourth-order valence-electron chi connectivity index (χ4n) is 1.75. The number of aryl methyl sites for hydroxylation is 1. The van der Waals surface area contributed by atoms with Gasteiger partial charge in [0, 0.05) is 24.0 Å². The minimum Gasteiger partial charge on any atom is -0.478 e. The van der Waals surface area contributed by atoms with Crippen molar-refractivity contribution in [1.29, 1.82) is 0 Å². The summed E-state index contributed by atoms with van der Waals surface area (Å²) in [5, 5.41) is 22.6. The monoisotopic (exact) mass is 273 g/mol. The molecule has 0 aliphatic rings. The molecule has 0 atom stereocenters. The van der Waals surface area contributed by atoms with E-state index in [2.05, 4.69) is 10.3 Å². The molecule has 1 heterocycles. The molecule has 0 saturated carbocycles. The molecule has 0 aliphatic heterocycles. The Hall–Kier alpha value is -2.96. The molecule has 1 aromatic heterocycles. The zero-order valence-corrected chi connectivity index (χ0v) is 10.5. The maximum atomic E-state index is 11.1. The zero-order valence-electron chi connectivity index (χ0n) is 10.5. The van der Waals surface area contributed by atoms with Crippen molar-refractivity contribution in [1.82, 2.24) is 4.98 Å². The number of non-ortho nitro benzene ring substituents is 1. The standard InChI is InChI=1S/C13H11N3O4/c1-8-5-9(7-10(6-8)16(19)20)15-12-11(13(17)18)3-2-4-14-12/h2-7H,1H3,(H,14,15)(H,17,18). The van der Waals surface area contributed by atoms with Crippen LogP contribution in [-0.4, -0.2) is 21.0 Å². The van der Waals surface area contributed by atoms with E-state index in [4.69, 9.17) is 5.11 Å². The van der Waals surface area contributed by atoms with Crippen molar-refractivity contribution in [3.8, 4) is 0 Å². The molecule has 1 aromatic carbocycles. The highest BCUT2D eigenvalue weighted by atomic mass is 16.6. The third-order valence-corrected chi connectivity index (χ3v) is 2.57. The second-order valence-corrected chi connectivity index (χ2v) is 4.14. The molecule has 102 valence electrons. The lowest BCUT2D eigenvalue weighted by Gasteiger charge is -2.08. The van der Waals surface area contributed by atoms with E-state index in [1.165, 1.54) is 30.5 Å². The summed E-state index contributed by atoms with van der Waals surface area (Å²) in [6, 6.07) is 7.34. The van der Waals surface area contributed by atoms with Gasteiger partial charge in [-0.1, -0.05) is 0 Å². The van der Waals surface area contributed by atoms with Crippen LogP contribution in [0.5, 0.6) is 0 Å². The van der Waals surface area contributed by atoms with Gasteiger partial charge in [-0.05, 0) is 30.7 Å². The minimum absolute atomic E-state index is 0.00309. The van der Waals surface area contributed by atoms with E-state index >= 15 is 0 Å². The smallest absolute Gasteiger partial charge is 0.339 e. The highest BCUT2D eigenvalue weighted by Crippen LogP contribution is 2.24. The molecule has 7 heteroatoms. The fraction of sp³-hybridized carbons (Fsp3) is 0.0769. The highest BCUT2D eigenvalue weighted by molar-refractivity contribution is 5.93. The van der Waals surface area contributed by atoms with Gasteiger partial charge in [0.2, 0.25) is 0 Å². The van der Waals surface area contributed by atoms with Crippen LogP contribution in [0.15, 0.2) is 36.5 Å². The first kappa shape index (κ1) is 13.5. The number of carboxylic acid groups (broad SMARTS) is 1. The van der Waals surface area contributed by atoms with Crippen LogP contribution in [0.1, 0.15) is 15.9 Å². The number of aromatic carboxylic acids is 1. The Labute approximate surface area is 114 Å². The van der Waals surface area contributed by atoms with Crippen molar-refractivity contribution in [2.75, 3.05) is 5.32 Å². The maximum Gasteiger partial charge on any atom is 0.339 e. The van der Waals surface area contributed by atoms with E-state index in [-0.39, 0.29) is 17.1 Å². The predicted molar refractivity (Wildman–Crippen MR) is 72.3 cm³/mol. The normalized spacial score (nSPS) is 10.1. The number of pyridine rings is 1. The number of hydrogen-bond donors (Lipinski definition) is 2. The largest absolute Gasteiger partial charge is 0.478 e. The number of nitrogens with one attached hydrogen (secondary N) is 1. The van der Waals surface area contributed by atoms with Gasteiger partial charge >= 0.3 is 5.97 Å². The van der Waals surface area contributed by atoms with Crippen LogP contribution in [0.3, 0.4) is 0 Å². The Morgan fingerprint density at radius 3 is 2.80 bits per heavy atom. The third kappa shape index (κ3) is 2.89. The number of carboxylic acids is 1. The minimum atomic E-state index is -1.12. The van der Waals surface area contributed by atoms with Gasteiger partial charge in [-0.3, -0.25) is 10.1 Å². The molecule has 0 amide bonds. The maximum absolute atomic E-state index is 11.1. The van der Waals surface area contributed by atoms with E-state index in [1.54, 1.807) is 13.0 Å². The molecule has 0 bridgehead atoms. The van der Waals surface area contributed by atoms with Crippen LogP contribution in [0.2, 0.25) is 0 Å². The summed E-state index contributed by atoms with van der Waals surface area (Å²) >= 11 is 0. The Balaban J connectivity index is 2.40. The summed E-state index contributed by atoms with van der Waals surface area (Å²) in [4.78, 5) is 25.3. The molecular formula is C13H11N3O4. The van der Waals surface area contributed by atoms with Gasteiger partial charge in [0.05, 0.1) is 4.92 Å². The van der Waals surface area contributed by atoms with Crippen LogP contribution in [0, 0.1) is 17.0 Å². The SMILES string of the molecule is Cc1cc(Nc2ncccc2C(=O)O)cc([N+](=O)[O-])c1. The number of nitrogens with zero attached hydrogens (tertiary/aromatic N) is 2. The highest BCUT2D eigenvalue weighted by Gasteiger charge is 2.13. The first-order chi connectivity index (χ1) is 9.47. The lowest BCUT2D eigenvalue weighted by molar-refractivity contribution is -0.384. The van der Waals surface area contributed by atoms with Crippen molar-refractivity contribution in [2.45, 2.75) is 6.92 Å². The Morgan fingerprint density at radius 1 is 1.40 bits per heavy atom. The van der Waals surface area contributed by atoms with Gasteiger partial charge in [0.15, 0.2) is 0 Å². The van der Waals surface area contributed by atoms with Crippen LogP contribution in [0.4, 0.5) is 17.2 Å². The average Bonchev–Trinajstić information content (AvgIpc) is 2.38. The summed E-state index contributed by atoms with van der Waals surface area (Å²) in [6.45, 7) is 1.72. The molecule has 2 rings (SSSR count). The third-order valence-electron chi connectivity index (χ3n) is 2.57. The molecule has 0 saturated heterocycles. The van der Waals surface area contributed by atoms with Crippen molar-refractivity contribution in [2.24, 2.45) is 0 Å². The molecule has 0 fully saturated rings. The van der Waals surface area contributed by atoms with Gasteiger partial charge in [-0.25, -0.2) is 9.78 Å². The molecule has 20 heavy (non-hydrogen) atoms. The zero-order chi connectivity index (χ0) is 14.7. The van der Waals surface area contributed by atoms with Crippen molar-refractivity contribution in [3.63, 3.8) is 0 Å². The first-order valence-corrected chi connectivity index (χ1v) is 5.69. The molecular weight excluding hydrogens is 262 g/mol. The molecule has 0 aliphatic carbocycles. The number of benzene rings is 1. The van der Waals surface area contributed by atoms with Crippen LogP contribution in [0.25, 0.3) is 0 Å². The molecule has 2 N–H and O–H groups in total. The molecule has 7 nitrogen and oxygen atoms in total. The molecule has 0 unspecified atom stereocenters. The van der Waals surface area contributed by atoms with E-state index in [0.717, 1.165) is 0 Å². The molecule has 0 radical (unpaired) electrons. The van der Waals surface area contributed by atoms with Gasteiger partial charge in [0.1, 0.15) is 11.4 Å². The summed E-state index contributed by atoms with van der Waals surface area (Å²) < 4.78 is 0. The number of carbonyl (C=O) groups is 1. The fourth-order valence-corrected chi connectivity index (χ4v) is 1.75. The van der Waals surface area contributed by atoms with E-state index < -0.39 is 10.9 Å². The van der Waals surface area contributed by atoms with Gasteiger partial charge in [0.25, 0.3) is 5.69 Å². The number of rotatable bonds is 4. The van der Waals surface area contributed by atoms with Gasteiger partial charge in [-0.15, -0.1) is 0 Å². The Kier molecular flexibility index (Phi) is 3.60. The predicted octanol–water partition coefficient (Wildman–Crippen LogP) is 2.74. The lowest BCUT2D eigenvalue weighted by Crippen LogP contribution is -2.04. The second kappa shape index (κ2) is 5.35. The number of anilines is 2. The summed E-state index contributed by atoms with van der Waals surface area (Å²) in [5.74, 6) is -0.984. The summed E-state index contributed by atoms with van der Waals surface area (Å²) in [7, 11) is 0. The first-order valence-electron chi connectivity index (χ1n) is 5.69. The average molecular weight is 273 g/mol. The van der Waals surface area contributed by atoms with Gasteiger partial charge < -0.3 is 10.4 Å². The Bertz CT molecular complexity index is 685. The quantitative estimate of drug-likeness (QED) is 0.655. The Morgan fingerprint density at radius 2 is 2.15 bits per heavy atom. The van der Waals surface area contributed by atoms with Crippen molar-refractivity contribution in [3.05, 3.63) is 57.8 Å². The number of hydrogen-bond acceptors (Lipinski definition) is 5. The van der Waals surface area contributed by atoms with E-state index in [1.807, 2.05) is 0 Å². The van der Waals surface area contributed by atoms with Crippen LogP contribution in [-0.2, 0) is 0 Å². The molecule has 2 aromatic rings. The summed E-state index contributed by atoms with van der Waals surface area (Å²) in [6.07, 6.45) is 1.44. The van der Waals surface area contributed by atoms with E-state index in [9.17, 15) is 14.9 Å². The van der Waals surface area contributed by atoms with Crippen LogP contribution >= 0.6 is 0 Å². The molecule has 0 spiro atoms. The van der Waals surface area contributed by atoms with Crippen LogP contribution < -0.4 is 5.32 Å². The number of nitro benzene ring substituents is 1. The number of aromatic nitrogens is 1. The number of nitro groups is 1. The van der Waals surface area contributed by atoms with Gasteiger partial charge in [-0.2, -0.15) is 0 Å². The topological polar surface area (TPSA) is 105 Å². The lowest BCUT2D eigenvalue weighted by atomic mass is 10.2.